The van der Waals surface area contributed by atoms with Crippen molar-refractivity contribution in [2.24, 2.45) is 7.05 Å². The lowest BCUT2D eigenvalue weighted by Crippen LogP contribution is -2.24. The fourth-order valence-corrected chi connectivity index (χ4v) is 3.90. The third-order valence-corrected chi connectivity index (χ3v) is 5.34. The minimum absolute atomic E-state index is 0.0859. The van der Waals surface area contributed by atoms with Crippen molar-refractivity contribution < 1.29 is 9.53 Å². The number of imidazole rings is 1. The number of benzene rings is 2. The van der Waals surface area contributed by atoms with Crippen molar-refractivity contribution in [1.29, 1.82) is 0 Å². The summed E-state index contributed by atoms with van der Waals surface area (Å²) in [6.07, 6.45) is 2.41. The highest BCUT2D eigenvalue weighted by Gasteiger charge is 2.16. The van der Waals surface area contributed by atoms with Crippen LogP contribution in [0.1, 0.15) is 5.56 Å². The van der Waals surface area contributed by atoms with Gasteiger partial charge in [0, 0.05) is 23.7 Å². The van der Waals surface area contributed by atoms with E-state index in [0.717, 1.165) is 44.3 Å². The molecule has 0 atom stereocenters. The standard InChI is InChI=1S/C21H18N4O3/c1-24-19-10-22-18-5-3-14-9-16(18)20(19)25(21(24)27)6-7-28-11-15-8-13(14)2-4-17(15)23-12-26/h2-5,8-10,12H,6-7,11H2,1H3,(H,23,26). The van der Waals surface area contributed by atoms with Crippen LogP contribution in [0, 0.1) is 0 Å². The SMILES string of the molecule is Cn1c(=O)n2c3c4cc(ccc4ncc31)-c1ccc(NC=O)c(c1)COCC2. The quantitative estimate of drug-likeness (QED) is 0.547. The summed E-state index contributed by atoms with van der Waals surface area (Å²) in [5.41, 5.74) is 6.08. The van der Waals surface area contributed by atoms with Gasteiger partial charge in [0.2, 0.25) is 6.41 Å². The summed E-state index contributed by atoms with van der Waals surface area (Å²) in [7, 11) is 1.76. The van der Waals surface area contributed by atoms with Gasteiger partial charge in [-0.05, 0) is 35.4 Å². The minimum atomic E-state index is -0.0859. The molecule has 0 saturated carbocycles. The zero-order valence-electron chi connectivity index (χ0n) is 15.3. The predicted octanol–water partition coefficient (Wildman–Crippen LogP) is 2.65. The molecule has 0 fully saturated rings. The molecular weight excluding hydrogens is 356 g/mol. The molecule has 5 rings (SSSR count). The summed E-state index contributed by atoms with van der Waals surface area (Å²) in [4.78, 5) is 28.2. The smallest absolute Gasteiger partial charge is 0.328 e. The topological polar surface area (TPSA) is 78.2 Å². The number of amides is 1. The van der Waals surface area contributed by atoms with Gasteiger partial charge < -0.3 is 10.1 Å². The maximum atomic E-state index is 12.8. The second kappa shape index (κ2) is 6.31. The predicted molar refractivity (Wildman–Crippen MR) is 107 cm³/mol. The van der Waals surface area contributed by atoms with Crippen molar-refractivity contribution in [3.05, 3.63) is 58.6 Å². The highest BCUT2D eigenvalue weighted by Crippen LogP contribution is 2.31. The van der Waals surface area contributed by atoms with E-state index in [1.807, 2.05) is 30.3 Å². The molecule has 4 bridgehead atoms. The number of carbonyl (C=O) groups is 1. The molecule has 0 unspecified atom stereocenters. The number of pyridine rings is 1. The van der Waals surface area contributed by atoms with Crippen molar-refractivity contribution in [3.63, 3.8) is 0 Å². The first-order valence-electron chi connectivity index (χ1n) is 9.06. The molecule has 7 heteroatoms. The Labute approximate surface area is 160 Å². The molecule has 1 aliphatic rings. The summed E-state index contributed by atoms with van der Waals surface area (Å²) >= 11 is 0. The van der Waals surface area contributed by atoms with E-state index in [-0.39, 0.29) is 5.69 Å². The van der Waals surface area contributed by atoms with Gasteiger partial charge in [-0.1, -0.05) is 12.1 Å². The molecule has 1 N–H and O–H groups in total. The summed E-state index contributed by atoms with van der Waals surface area (Å²) in [6.45, 7) is 1.17. The van der Waals surface area contributed by atoms with Crippen LogP contribution in [0.3, 0.4) is 0 Å². The number of rotatable bonds is 2. The fraction of sp³-hybridized carbons (Fsp3) is 0.190. The molecular formula is C21H18N4O3. The monoisotopic (exact) mass is 374 g/mol. The van der Waals surface area contributed by atoms with E-state index in [1.165, 1.54) is 0 Å². The van der Waals surface area contributed by atoms with Gasteiger partial charge in [0.05, 0.1) is 42.5 Å². The number of fused-ring (bicyclic) bond motifs is 4. The third-order valence-electron chi connectivity index (χ3n) is 5.34. The molecule has 4 aromatic rings. The van der Waals surface area contributed by atoms with E-state index in [0.29, 0.717) is 26.2 Å². The lowest BCUT2D eigenvalue weighted by molar-refractivity contribution is -0.105. The van der Waals surface area contributed by atoms with Gasteiger partial charge in [-0.2, -0.15) is 0 Å². The first kappa shape index (κ1) is 16.7. The highest BCUT2D eigenvalue weighted by molar-refractivity contribution is 6.04. The van der Waals surface area contributed by atoms with Gasteiger partial charge >= 0.3 is 5.69 Å². The number of nitrogens with one attached hydrogen (secondary N) is 1. The van der Waals surface area contributed by atoms with Crippen LogP contribution in [0.5, 0.6) is 0 Å². The van der Waals surface area contributed by atoms with Crippen LogP contribution in [0.2, 0.25) is 0 Å². The molecule has 0 radical (unpaired) electrons. The number of hydrogen-bond donors (Lipinski definition) is 1. The molecule has 3 heterocycles. The molecule has 0 aliphatic carbocycles. The minimum Gasteiger partial charge on any atom is -0.375 e. The number of aryl methyl sites for hydroxylation is 1. The van der Waals surface area contributed by atoms with Gasteiger partial charge in [0.1, 0.15) is 0 Å². The van der Waals surface area contributed by atoms with Crippen LogP contribution in [0.4, 0.5) is 5.69 Å². The Morgan fingerprint density at radius 1 is 1.18 bits per heavy atom. The van der Waals surface area contributed by atoms with Gasteiger partial charge in [-0.3, -0.25) is 18.9 Å². The zero-order chi connectivity index (χ0) is 19.3. The van der Waals surface area contributed by atoms with Crippen molar-refractivity contribution in [2.75, 3.05) is 11.9 Å². The Bertz CT molecular complexity index is 1300. The molecule has 2 aromatic carbocycles. The summed E-state index contributed by atoms with van der Waals surface area (Å²) in [6, 6.07) is 12.0. The second-order valence-corrected chi connectivity index (χ2v) is 6.90. The molecule has 140 valence electrons. The first-order chi connectivity index (χ1) is 13.7. The van der Waals surface area contributed by atoms with Crippen LogP contribution in [0.15, 0.2) is 47.4 Å². The number of hydrogen-bond acceptors (Lipinski definition) is 4. The molecule has 0 spiro atoms. The van der Waals surface area contributed by atoms with E-state index >= 15 is 0 Å². The Kier molecular flexibility index (Phi) is 3.77. The Hall–Kier alpha value is -3.45. The third kappa shape index (κ3) is 2.44. The van der Waals surface area contributed by atoms with Crippen LogP contribution >= 0.6 is 0 Å². The fourth-order valence-electron chi connectivity index (χ4n) is 3.90. The van der Waals surface area contributed by atoms with Crippen molar-refractivity contribution >= 4 is 34.0 Å². The van der Waals surface area contributed by atoms with Gasteiger partial charge in [0.25, 0.3) is 0 Å². The van der Waals surface area contributed by atoms with Crippen LogP contribution in [-0.2, 0) is 29.7 Å². The average Bonchev–Trinajstić information content (AvgIpc) is 2.96. The molecule has 28 heavy (non-hydrogen) atoms. The normalized spacial score (nSPS) is 13.6. The second-order valence-electron chi connectivity index (χ2n) is 6.90. The van der Waals surface area contributed by atoms with Gasteiger partial charge in [-0.25, -0.2) is 4.79 Å². The average molecular weight is 374 g/mol. The molecule has 2 aromatic heterocycles. The Morgan fingerprint density at radius 2 is 2.00 bits per heavy atom. The lowest BCUT2D eigenvalue weighted by Gasteiger charge is -2.14. The van der Waals surface area contributed by atoms with Crippen LogP contribution < -0.4 is 11.0 Å². The number of ether oxygens (including phenoxy) is 1. The van der Waals surface area contributed by atoms with Gasteiger partial charge in [0.15, 0.2) is 0 Å². The number of anilines is 1. The highest BCUT2D eigenvalue weighted by atomic mass is 16.5. The van der Waals surface area contributed by atoms with Crippen LogP contribution in [-0.4, -0.2) is 27.1 Å². The molecule has 1 aliphatic heterocycles. The summed E-state index contributed by atoms with van der Waals surface area (Å²) in [5, 5.41) is 3.66. The Morgan fingerprint density at radius 3 is 2.86 bits per heavy atom. The molecule has 0 saturated heterocycles. The number of nitrogens with zero attached hydrogens (tertiary/aromatic N) is 3. The lowest BCUT2D eigenvalue weighted by atomic mass is 10.00. The maximum absolute atomic E-state index is 12.8. The van der Waals surface area contributed by atoms with Gasteiger partial charge in [-0.15, -0.1) is 0 Å². The van der Waals surface area contributed by atoms with E-state index in [1.54, 1.807) is 22.4 Å². The number of carbonyl (C=O) groups excluding carboxylic acids is 1. The first-order valence-corrected chi connectivity index (χ1v) is 9.06. The van der Waals surface area contributed by atoms with E-state index < -0.39 is 0 Å². The van der Waals surface area contributed by atoms with Crippen molar-refractivity contribution in [1.82, 2.24) is 14.1 Å². The molecule has 7 nitrogen and oxygen atoms in total. The van der Waals surface area contributed by atoms with Crippen molar-refractivity contribution in [3.8, 4) is 11.1 Å². The van der Waals surface area contributed by atoms with E-state index in [2.05, 4.69) is 16.4 Å². The zero-order valence-corrected chi connectivity index (χ0v) is 15.3. The molecule has 1 amide bonds. The summed E-state index contributed by atoms with van der Waals surface area (Å²) < 4.78 is 9.23. The van der Waals surface area contributed by atoms with Crippen molar-refractivity contribution in [2.45, 2.75) is 13.2 Å². The number of aromatic nitrogens is 3. The van der Waals surface area contributed by atoms with Crippen LogP contribution in [0.25, 0.3) is 33.1 Å². The maximum Gasteiger partial charge on any atom is 0.328 e. The summed E-state index contributed by atoms with van der Waals surface area (Å²) in [5.74, 6) is 0. The Balaban J connectivity index is 1.83. The largest absolute Gasteiger partial charge is 0.375 e. The van der Waals surface area contributed by atoms with E-state index in [9.17, 15) is 9.59 Å². The van der Waals surface area contributed by atoms with E-state index in [4.69, 9.17) is 4.74 Å².